The Morgan fingerprint density at radius 1 is 0.288 bits per heavy atom. The average Bonchev–Trinajstić information content (AvgIpc) is 4.08. The largest absolute Gasteiger partial charge is 0.416 e. The Kier molecular flexibility index (Phi) is 9.56. The van der Waals surface area contributed by atoms with Crippen molar-refractivity contribution in [2.45, 2.75) is 6.18 Å². The Morgan fingerprint density at radius 2 is 0.671 bits per heavy atom. The Labute approximate surface area is 416 Å². The van der Waals surface area contributed by atoms with Crippen LogP contribution in [-0.2, 0) is 6.18 Å². The van der Waals surface area contributed by atoms with Gasteiger partial charge in [0.2, 0.25) is 0 Å². The Balaban J connectivity index is 1.11. The fourth-order valence-corrected chi connectivity index (χ4v) is 10.8. The number of fused-ring (bicyclic) bond motifs is 9. The van der Waals surface area contributed by atoms with Crippen LogP contribution in [0, 0.1) is 0 Å². The molecule has 73 heavy (non-hydrogen) atoms. The fourth-order valence-electron chi connectivity index (χ4n) is 10.8. The van der Waals surface area contributed by atoms with Gasteiger partial charge < -0.3 is 13.7 Å². The average molecular weight is 949 g/mol. The molecule has 14 rings (SSSR count). The molecule has 0 fully saturated rings. The van der Waals surface area contributed by atoms with E-state index >= 15 is 0 Å². The predicted molar refractivity (Wildman–Crippen MR) is 290 cm³/mol. The monoisotopic (exact) mass is 948 g/mol. The maximum absolute atomic E-state index is 14.0. The van der Waals surface area contributed by atoms with Crippen LogP contribution < -0.4 is 0 Å². The molecule has 10 aromatic carbocycles. The molecule has 0 spiro atoms. The highest BCUT2D eigenvalue weighted by Crippen LogP contribution is 2.43. The van der Waals surface area contributed by atoms with E-state index < -0.39 is 11.7 Å². The van der Waals surface area contributed by atoms with Gasteiger partial charge in [-0.1, -0.05) is 164 Å². The summed E-state index contributed by atoms with van der Waals surface area (Å²) < 4.78 is 49.0. The maximum atomic E-state index is 14.0. The summed E-state index contributed by atoms with van der Waals surface area (Å²) in [6.07, 6.45) is -4.48. The maximum Gasteiger partial charge on any atom is 0.416 e. The molecule has 0 atom stereocenters. The Morgan fingerprint density at radius 3 is 1.11 bits per heavy atom. The molecule has 0 bridgehead atoms. The summed E-state index contributed by atoms with van der Waals surface area (Å²) in [6.45, 7) is 0. The van der Waals surface area contributed by atoms with Gasteiger partial charge in [-0.05, 0) is 83.9 Å². The van der Waals surface area contributed by atoms with Gasteiger partial charge in [0.05, 0.1) is 44.4 Å². The number of para-hydroxylation sites is 4. The van der Waals surface area contributed by atoms with E-state index in [1.165, 1.54) is 12.1 Å². The molecule has 0 saturated carbocycles. The number of aromatic nitrogens is 6. The number of nitrogens with zero attached hydrogens (tertiary/aromatic N) is 6. The van der Waals surface area contributed by atoms with Crippen molar-refractivity contribution in [3.63, 3.8) is 0 Å². The van der Waals surface area contributed by atoms with Crippen LogP contribution in [0.25, 0.3) is 128 Å². The van der Waals surface area contributed by atoms with Gasteiger partial charge in [-0.3, -0.25) is 0 Å². The third-order valence-electron chi connectivity index (χ3n) is 14.1. The lowest BCUT2D eigenvalue weighted by atomic mass is 10.00. The van der Waals surface area contributed by atoms with E-state index in [-0.39, 0.29) is 0 Å². The second-order valence-electron chi connectivity index (χ2n) is 18.3. The summed E-state index contributed by atoms with van der Waals surface area (Å²) in [5.41, 5.74) is 11.8. The minimum absolute atomic E-state index is 0.439. The number of rotatable bonds is 7. The first-order valence-electron chi connectivity index (χ1n) is 24.1. The van der Waals surface area contributed by atoms with Crippen molar-refractivity contribution in [1.82, 2.24) is 28.7 Å². The zero-order valence-corrected chi connectivity index (χ0v) is 38.8. The van der Waals surface area contributed by atoms with Crippen molar-refractivity contribution in [2.75, 3.05) is 0 Å². The first kappa shape index (κ1) is 42.3. The van der Waals surface area contributed by atoms with Crippen molar-refractivity contribution >= 4 is 65.4 Å². The number of alkyl halides is 3. The van der Waals surface area contributed by atoms with E-state index in [0.717, 1.165) is 111 Å². The highest BCUT2D eigenvalue weighted by Gasteiger charge is 2.30. The summed E-state index contributed by atoms with van der Waals surface area (Å²) in [5.74, 6) is 1.45. The van der Waals surface area contributed by atoms with Gasteiger partial charge in [-0.2, -0.15) is 13.2 Å². The molecule has 0 aliphatic carbocycles. The molecule has 0 amide bonds. The number of hydrogen-bond acceptors (Lipinski definition) is 3. The van der Waals surface area contributed by atoms with Crippen molar-refractivity contribution < 1.29 is 13.2 Å². The standard InChI is InChI=1S/C64H39F3N6/c65-64(66,67)44-30-27-40(28-31-44)43-29-34-53(63-69-61(41-15-3-1-4-16-41)68-62(70-63)42-17-5-2-6-18-42)58(37-43)73-59-38-45(71-54-23-11-7-19-47(54)48-20-8-12-24-55(48)71)32-35-51(59)52-36-33-46(39-60(52)73)72-56-25-13-9-21-49(56)50-22-10-14-26-57(50)72/h1-39H. The van der Waals surface area contributed by atoms with Crippen LogP contribution in [0.2, 0.25) is 0 Å². The zero-order valence-electron chi connectivity index (χ0n) is 38.8. The summed E-state index contributed by atoms with van der Waals surface area (Å²) in [4.78, 5) is 15.5. The molecule has 0 unspecified atom stereocenters. The molecular weight excluding hydrogens is 910 g/mol. The van der Waals surface area contributed by atoms with Crippen molar-refractivity contribution in [2.24, 2.45) is 0 Å². The van der Waals surface area contributed by atoms with Crippen LogP contribution in [0.15, 0.2) is 237 Å². The van der Waals surface area contributed by atoms with E-state index in [1.807, 2.05) is 72.8 Å². The SMILES string of the molecule is FC(F)(F)c1ccc(-c2ccc(-c3nc(-c4ccccc4)nc(-c4ccccc4)n3)c(-n3c4cc(-n5c6ccccc6c6ccccc65)ccc4c4ccc(-n5c6ccccc6c6ccccc65)cc43)c2)cc1. The normalized spacial score (nSPS) is 12.0. The molecule has 0 N–H and O–H groups in total. The first-order chi connectivity index (χ1) is 35.8. The Bertz CT molecular complexity index is 4140. The van der Waals surface area contributed by atoms with Gasteiger partial charge in [0.25, 0.3) is 0 Å². The van der Waals surface area contributed by atoms with Gasteiger partial charge in [0.15, 0.2) is 17.5 Å². The van der Waals surface area contributed by atoms with E-state index in [9.17, 15) is 13.2 Å². The van der Waals surface area contributed by atoms with Crippen molar-refractivity contribution in [1.29, 1.82) is 0 Å². The lowest BCUT2D eigenvalue weighted by Crippen LogP contribution is -2.05. The van der Waals surface area contributed by atoms with Crippen LogP contribution in [0.3, 0.4) is 0 Å². The third kappa shape index (κ3) is 6.92. The minimum atomic E-state index is -4.48. The van der Waals surface area contributed by atoms with Gasteiger partial charge in [-0.15, -0.1) is 0 Å². The van der Waals surface area contributed by atoms with Crippen molar-refractivity contribution in [3.05, 3.63) is 242 Å². The first-order valence-corrected chi connectivity index (χ1v) is 24.1. The van der Waals surface area contributed by atoms with Gasteiger partial charge in [0.1, 0.15) is 0 Å². The number of benzene rings is 10. The summed E-state index contributed by atoms with van der Waals surface area (Å²) in [6, 6.07) is 78.3. The molecule has 0 saturated heterocycles. The molecule has 14 aromatic rings. The van der Waals surface area contributed by atoms with Crippen molar-refractivity contribution in [3.8, 4) is 62.4 Å². The predicted octanol–water partition coefficient (Wildman–Crippen LogP) is 16.8. The smallest absolute Gasteiger partial charge is 0.309 e. The molecule has 0 aliphatic heterocycles. The van der Waals surface area contributed by atoms with Crippen LogP contribution in [-0.4, -0.2) is 28.7 Å². The molecule has 4 heterocycles. The highest BCUT2D eigenvalue weighted by atomic mass is 19.4. The zero-order chi connectivity index (χ0) is 48.8. The van der Waals surface area contributed by atoms with E-state index in [4.69, 9.17) is 15.0 Å². The molecule has 0 aliphatic rings. The molecule has 346 valence electrons. The topological polar surface area (TPSA) is 53.5 Å². The molecule has 9 heteroatoms. The lowest BCUT2D eigenvalue weighted by molar-refractivity contribution is -0.137. The Hall–Kier alpha value is -9.60. The summed E-state index contributed by atoms with van der Waals surface area (Å²) in [5, 5.41) is 6.65. The van der Waals surface area contributed by atoms with Crippen LogP contribution in [0.5, 0.6) is 0 Å². The molecule has 6 nitrogen and oxygen atoms in total. The van der Waals surface area contributed by atoms with Crippen LogP contribution in [0.4, 0.5) is 13.2 Å². The molecule has 4 aromatic heterocycles. The van der Waals surface area contributed by atoms with Gasteiger partial charge in [-0.25, -0.2) is 15.0 Å². The van der Waals surface area contributed by atoms with E-state index in [0.29, 0.717) is 28.6 Å². The molecular formula is C64H39F3N6. The molecule has 0 radical (unpaired) electrons. The van der Waals surface area contributed by atoms with E-state index in [2.05, 4.69) is 153 Å². The minimum Gasteiger partial charge on any atom is -0.309 e. The number of halogens is 3. The van der Waals surface area contributed by atoms with Gasteiger partial charge in [0, 0.05) is 60.4 Å². The fraction of sp³-hybridized carbons (Fsp3) is 0.0156. The lowest BCUT2D eigenvalue weighted by Gasteiger charge is -2.18. The number of hydrogen-bond donors (Lipinski definition) is 0. The van der Waals surface area contributed by atoms with Crippen LogP contribution in [0.1, 0.15) is 5.56 Å². The quantitative estimate of drug-likeness (QED) is 0.160. The second-order valence-corrected chi connectivity index (χ2v) is 18.3. The highest BCUT2D eigenvalue weighted by molar-refractivity contribution is 6.14. The second kappa shape index (κ2) is 16.5. The summed E-state index contributed by atoms with van der Waals surface area (Å²) in [7, 11) is 0. The van der Waals surface area contributed by atoms with E-state index in [1.54, 1.807) is 0 Å². The van der Waals surface area contributed by atoms with Gasteiger partial charge >= 0.3 is 6.18 Å². The summed E-state index contributed by atoms with van der Waals surface area (Å²) >= 11 is 0. The third-order valence-corrected chi connectivity index (χ3v) is 14.1. The van der Waals surface area contributed by atoms with Crippen LogP contribution >= 0.6 is 0 Å².